The van der Waals surface area contributed by atoms with E-state index in [1.807, 2.05) is 29.4 Å². The van der Waals surface area contributed by atoms with Crippen LogP contribution in [0.5, 0.6) is 0 Å². The van der Waals surface area contributed by atoms with Gasteiger partial charge in [0.05, 0.1) is 25.6 Å². The van der Waals surface area contributed by atoms with E-state index in [1.165, 1.54) is 0 Å². The third-order valence-corrected chi connectivity index (χ3v) is 6.95. The zero-order valence-corrected chi connectivity index (χ0v) is 17.9. The lowest BCUT2D eigenvalue weighted by Gasteiger charge is -2.40. The van der Waals surface area contributed by atoms with E-state index in [2.05, 4.69) is 26.8 Å². The number of carbonyl (C=O) groups excluding carboxylic acids is 1. The van der Waals surface area contributed by atoms with Crippen molar-refractivity contribution < 1.29 is 14.6 Å². The molecule has 2 bridgehead atoms. The number of aryl methyl sites for hydroxylation is 1. The number of hydrogen-bond acceptors (Lipinski definition) is 7. The van der Waals surface area contributed by atoms with Crippen LogP contribution in [0.3, 0.4) is 0 Å². The van der Waals surface area contributed by atoms with Gasteiger partial charge >= 0.3 is 0 Å². The van der Waals surface area contributed by atoms with Gasteiger partial charge in [0, 0.05) is 56.3 Å². The Morgan fingerprint density at radius 1 is 1.23 bits per heavy atom. The van der Waals surface area contributed by atoms with Crippen molar-refractivity contribution in [1.29, 1.82) is 0 Å². The summed E-state index contributed by atoms with van der Waals surface area (Å²) in [5.41, 5.74) is 1.57. The Morgan fingerprint density at radius 2 is 2.06 bits per heavy atom. The van der Waals surface area contributed by atoms with E-state index < -0.39 is 5.60 Å². The van der Waals surface area contributed by atoms with Gasteiger partial charge in [-0.1, -0.05) is 19.4 Å². The van der Waals surface area contributed by atoms with Crippen molar-refractivity contribution in [3.63, 3.8) is 0 Å². The van der Waals surface area contributed by atoms with Gasteiger partial charge in [-0.25, -0.2) is 9.97 Å². The van der Waals surface area contributed by atoms with Crippen molar-refractivity contribution in [2.75, 3.05) is 37.7 Å². The lowest BCUT2D eigenvalue weighted by atomic mass is 9.83. The first-order chi connectivity index (χ1) is 15.1. The summed E-state index contributed by atoms with van der Waals surface area (Å²) in [6.45, 7) is 4.64. The summed E-state index contributed by atoms with van der Waals surface area (Å²) in [4.78, 5) is 30.4. The Balaban J connectivity index is 1.34. The predicted octanol–water partition coefficient (Wildman–Crippen LogP) is 1.09. The second-order valence-corrected chi connectivity index (χ2v) is 9.01. The first kappa shape index (κ1) is 20.3. The summed E-state index contributed by atoms with van der Waals surface area (Å²) in [6, 6.07) is 3.77. The number of pyridine rings is 1. The summed E-state index contributed by atoms with van der Waals surface area (Å²) in [7, 11) is 0. The van der Waals surface area contributed by atoms with Gasteiger partial charge in [0.15, 0.2) is 0 Å². The second kappa shape index (κ2) is 8.16. The van der Waals surface area contributed by atoms with Gasteiger partial charge in [-0.05, 0) is 23.6 Å². The highest BCUT2D eigenvalue weighted by molar-refractivity contribution is 5.79. The van der Waals surface area contributed by atoms with Crippen LogP contribution < -0.4 is 4.90 Å². The van der Waals surface area contributed by atoms with E-state index in [-0.39, 0.29) is 30.5 Å². The number of amides is 1. The zero-order valence-electron chi connectivity index (χ0n) is 17.9. The van der Waals surface area contributed by atoms with Crippen LogP contribution in [-0.4, -0.2) is 75.4 Å². The molecule has 3 aliphatic rings. The average molecular weight is 424 g/mol. The summed E-state index contributed by atoms with van der Waals surface area (Å²) >= 11 is 0. The maximum atomic E-state index is 13.1. The molecule has 1 N–H and O–H groups in total. The number of carbonyl (C=O) groups is 1. The average Bonchev–Trinajstić information content (AvgIpc) is 3.22. The number of nitrogens with zero attached hydrogens (tertiary/aromatic N) is 5. The fourth-order valence-electron chi connectivity index (χ4n) is 5.49. The lowest BCUT2D eigenvalue weighted by molar-refractivity contribution is -0.151. The van der Waals surface area contributed by atoms with E-state index in [1.54, 1.807) is 12.4 Å². The Bertz CT molecular complexity index is 925. The quantitative estimate of drug-likeness (QED) is 0.744. The van der Waals surface area contributed by atoms with Crippen molar-refractivity contribution in [3.05, 3.63) is 48.0 Å². The Morgan fingerprint density at radius 3 is 2.77 bits per heavy atom. The fraction of sp³-hybridized carbons (Fsp3) is 0.565. The minimum Gasteiger partial charge on any atom is -0.396 e. The van der Waals surface area contributed by atoms with E-state index in [4.69, 9.17) is 4.74 Å². The van der Waals surface area contributed by atoms with Gasteiger partial charge < -0.3 is 19.6 Å². The van der Waals surface area contributed by atoms with Gasteiger partial charge in [0.1, 0.15) is 5.60 Å². The van der Waals surface area contributed by atoms with Gasteiger partial charge in [-0.15, -0.1) is 0 Å². The summed E-state index contributed by atoms with van der Waals surface area (Å²) in [5, 5.41) is 10.1. The minimum atomic E-state index is -0.480. The van der Waals surface area contributed by atoms with Gasteiger partial charge in [0.2, 0.25) is 11.9 Å². The first-order valence-corrected chi connectivity index (χ1v) is 11.1. The molecule has 0 unspecified atom stereocenters. The fourth-order valence-corrected chi connectivity index (χ4v) is 5.49. The molecular weight excluding hydrogens is 394 g/mol. The third-order valence-electron chi connectivity index (χ3n) is 6.95. The number of aliphatic hydroxyl groups is 1. The molecule has 1 spiro atoms. The zero-order chi connectivity index (χ0) is 21.4. The smallest absolute Gasteiger partial charge is 0.227 e. The molecule has 0 saturated carbocycles. The summed E-state index contributed by atoms with van der Waals surface area (Å²) in [6.07, 6.45) is 9.48. The standard InChI is InChI=1S/C23H29N5O3/c1-2-4-17-9-25-22(26-10-17)28-11-19-18(13-29)20-12-27(14-23(19,15-28)31-20)21(30)7-16-5-3-6-24-8-16/h3,5-6,8-10,18-20,29H,2,4,7,11-15H2,1H3/t18-,19+,20+,23+/m0/s1. The van der Waals surface area contributed by atoms with Crippen LogP contribution >= 0.6 is 0 Å². The summed E-state index contributed by atoms with van der Waals surface area (Å²) < 4.78 is 6.49. The molecule has 4 atom stereocenters. The molecule has 5 heterocycles. The van der Waals surface area contributed by atoms with Crippen LogP contribution in [0.4, 0.5) is 5.95 Å². The van der Waals surface area contributed by atoms with Gasteiger partial charge in [-0.3, -0.25) is 9.78 Å². The molecule has 0 radical (unpaired) electrons. The number of morpholine rings is 1. The topological polar surface area (TPSA) is 91.7 Å². The molecule has 31 heavy (non-hydrogen) atoms. The molecule has 2 aromatic rings. The lowest BCUT2D eigenvalue weighted by Crippen LogP contribution is -2.56. The van der Waals surface area contributed by atoms with Crippen molar-refractivity contribution in [1.82, 2.24) is 19.9 Å². The highest BCUT2D eigenvalue weighted by Crippen LogP contribution is 2.49. The molecule has 3 saturated heterocycles. The van der Waals surface area contributed by atoms with Crippen molar-refractivity contribution in [2.45, 2.75) is 37.9 Å². The predicted molar refractivity (Wildman–Crippen MR) is 114 cm³/mol. The number of ether oxygens (including phenoxy) is 1. The minimum absolute atomic E-state index is 0.0144. The highest BCUT2D eigenvalue weighted by Gasteiger charge is 2.63. The van der Waals surface area contributed by atoms with Crippen molar-refractivity contribution >= 4 is 11.9 Å². The van der Waals surface area contributed by atoms with Crippen LogP contribution in [0.15, 0.2) is 36.9 Å². The SMILES string of the molecule is CCCc1cnc(N2C[C@@H]3[C@H](CO)[C@H]4CN(C(=O)Cc5cccnc5)C[C@]3(C2)O4)nc1. The highest BCUT2D eigenvalue weighted by atomic mass is 16.5. The third kappa shape index (κ3) is 3.68. The van der Waals surface area contributed by atoms with Gasteiger partial charge in [0.25, 0.3) is 0 Å². The monoisotopic (exact) mass is 423 g/mol. The van der Waals surface area contributed by atoms with Crippen LogP contribution in [0.1, 0.15) is 24.5 Å². The molecule has 8 heteroatoms. The number of anilines is 1. The van der Waals surface area contributed by atoms with Crippen LogP contribution in [0, 0.1) is 11.8 Å². The number of fused-ring (bicyclic) bond motifs is 1. The number of likely N-dealkylation sites (tertiary alicyclic amines) is 1. The molecule has 164 valence electrons. The second-order valence-electron chi connectivity index (χ2n) is 9.01. The number of rotatable bonds is 6. The number of aliphatic hydroxyl groups excluding tert-OH is 1. The Labute approximate surface area is 182 Å². The Hall–Kier alpha value is -2.58. The molecule has 0 aromatic carbocycles. The summed E-state index contributed by atoms with van der Waals surface area (Å²) in [5.74, 6) is 0.939. The van der Waals surface area contributed by atoms with E-state index >= 15 is 0 Å². The molecule has 3 fully saturated rings. The Kier molecular flexibility index (Phi) is 5.35. The molecule has 2 aromatic heterocycles. The van der Waals surface area contributed by atoms with Crippen LogP contribution in [-0.2, 0) is 22.4 Å². The first-order valence-electron chi connectivity index (χ1n) is 11.1. The molecule has 0 aliphatic carbocycles. The maximum Gasteiger partial charge on any atom is 0.227 e. The number of hydrogen-bond donors (Lipinski definition) is 1. The normalized spacial score (nSPS) is 29.3. The van der Waals surface area contributed by atoms with Crippen molar-refractivity contribution in [2.24, 2.45) is 11.8 Å². The molecule has 3 aliphatic heterocycles. The molecular formula is C23H29N5O3. The van der Waals surface area contributed by atoms with E-state index in [0.29, 0.717) is 32.0 Å². The maximum absolute atomic E-state index is 13.1. The van der Waals surface area contributed by atoms with Crippen LogP contribution in [0.2, 0.25) is 0 Å². The largest absolute Gasteiger partial charge is 0.396 e. The van der Waals surface area contributed by atoms with E-state index in [0.717, 1.165) is 30.5 Å². The molecule has 5 rings (SSSR count). The van der Waals surface area contributed by atoms with E-state index in [9.17, 15) is 9.90 Å². The van der Waals surface area contributed by atoms with Crippen molar-refractivity contribution in [3.8, 4) is 0 Å². The van der Waals surface area contributed by atoms with Gasteiger partial charge in [-0.2, -0.15) is 0 Å². The van der Waals surface area contributed by atoms with Crippen LogP contribution in [0.25, 0.3) is 0 Å². The molecule has 1 amide bonds. The number of aromatic nitrogens is 3. The molecule has 8 nitrogen and oxygen atoms in total.